The number of carbonyl (C=O) groups excluding carboxylic acids is 2. The van der Waals surface area contributed by atoms with Crippen LogP contribution in [0.25, 0.3) is 0 Å². The van der Waals surface area contributed by atoms with E-state index in [1.807, 2.05) is 6.92 Å². The average Bonchev–Trinajstić information content (AvgIpc) is 2.93. The highest BCUT2D eigenvalue weighted by Crippen LogP contribution is 2.15. The van der Waals surface area contributed by atoms with Gasteiger partial charge in [0.1, 0.15) is 17.1 Å². The molecule has 0 aliphatic carbocycles. The fourth-order valence-corrected chi connectivity index (χ4v) is 1.80. The van der Waals surface area contributed by atoms with E-state index in [0.717, 1.165) is 5.75 Å². The van der Waals surface area contributed by atoms with Crippen LogP contribution in [0.4, 0.5) is 5.69 Å². The van der Waals surface area contributed by atoms with E-state index < -0.39 is 11.9 Å². The van der Waals surface area contributed by atoms with Gasteiger partial charge >= 0.3 is 5.97 Å². The molecule has 0 aliphatic rings. The number of hydrogen-bond donors (Lipinski definition) is 1. The Bertz CT molecular complexity index is 645. The molecule has 22 heavy (non-hydrogen) atoms. The fourth-order valence-electron chi connectivity index (χ4n) is 1.80. The van der Waals surface area contributed by atoms with Gasteiger partial charge in [0.2, 0.25) is 0 Å². The number of benzene rings is 1. The Morgan fingerprint density at radius 3 is 2.50 bits per heavy atom. The number of hydrogen-bond acceptors (Lipinski definition) is 5. The second-order valence-corrected chi connectivity index (χ2v) is 4.47. The Balaban J connectivity index is 1.83. The van der Waals surface area contributed by atoms with Gasteiger partial charge < -0.3 is 19.2 Å². The summed E-state index contributed by atoms with van der Waals surface area (Å²) < 4.78 is 15.2. The number of aryl methyl sites for hydroxylation is 1. The molecule has 2 rings (SSSR count). The van der Waals surface area contributed by atoms with Crippen molar-refractivity contribution in [1.82, 2.24) is 0 Å². The lowest BCUT2D eigenvalue weighted by atomic mass is 10.3. The van der Waals surface area contributed by atoms with Crippen molar-refractivity contribution in [3.05, 3.63) is 47.9 Å². The lowest BCUT2D eigenvalue weighted by molar-refractivity contribution is -0.119. The summed E-state index contributed by atoms with van der Waals surface area (Å²) in [7, 11) is 0. The Morgan fingerprint density at radius 1 is 1.18 bits per heavy atom. The molecule has 6 heteroatoms. The van der Waals surface area contributed by atoms with Crippen LogP contribution in [-0.2, 0) is 9.53 Å². The van der Waals surface area contributed by atoms with Gasteiger partial charge in [-0.15, -0.1) is 0 Å². The van der Waals surface area contributed by atoms with E-state index in [1.54, 1.807) is 31.2 Å². The van der Waals surface area contributed by atoms with Crippen LogP contribution in [0.1, 0.15) is 23.0 Å². The molecule has 116 valence electrons. The molecule has 1 heterocycles. The number of nitrogens with one attached hydrogen (secondary N) is 1. The zero-order valence-electron chi connectivity index (χ0n) is 12.4. The number of anilines is 1. The number of rotatable bonds is 6. The van der Waals surface area contributed by atoms with Crippen LogP contribution in [0, 0.1) is 6.92 Å². The van der Waals surface area contributed by atoms with Crippen molar-refractivity contribution in [3.63, 3.8) is 0 Å². The van der Waals surface area contributed by atoms with Gasteiger partial charge in [0, 0.05) is 5.69 Å². The Morgan fingerprint density at radius 2 is 1.91 bits per heavy atom. The molecule has 0 fully saturated rings. The van der Waals surface area contributed by atoms with Gasteiger partial charge in [0.15, 0.2) is 6.61 Å². The van der Waals surface area contributed by atoms with Crippen LogP contribution in [0.5, 0.6) is 5.75 Å². The highest BCUT2D eigenvalue weighted by atomic mass is 16.5. The Hall–Kier alpha value is -2.76. The second-order valence-electron chi connectivity index (χ2n) is 4.47. The van der Waals surface area contributed by atoms with Gasteiger partial charge in [0.05, 0.1) is 12.9 Å². The van der Waals surface area contributed by atoms with Gasteiger partial charge in [-0.05, 0) is 44.2 Å². The third-order valence-corrected chi connectivity index (χ3v) is 2.86. The van der Waals surface area contributed by atoms with Crippen molar-refractivity contribution in [1.29, 1.82) is 0 Å². The predicted molar refractivity (Wildman–Crippen MR) is 80.0 cm³/mol. The normalized spacial score (nSPS) is 10.1. The number of amides is 1. The van der Waals surface area contributed by atoms with Crippen LogP contribution in [0.2, 0.25) is 0 Å². The zero-order chi connectivity index (χ0) is 15.9. The van der Waals surface area contributed by atoms with Gasteiger partial charge in [0.25, 0.3) is 5.91 Å². The highest BCUT2D eigenvalue weighted by Gasteiger charge is 2.14. The molecular weight excluding hydrogens is 286 g/mol. The van der Waals surface area contributed by atoms with Crippen molar-refractivity contribution in [2.75, 3.05) is 18.5 Å². The maximum atomic E-state index is 11.7. The third kappa shape index (κ3) is 4.12. The number of esters is 1. The average molecular weight is 303 g/mol. The van der Waals surface area contributed by atoms with Crippen molar-refractivity contribution in [3.8, 4) is 5.75 Å². The molecule has 0 saturated heterocycles. The minimum absolute atomic E-state index is 0.314. The maximum absolute atomic E-state index is 11.7. The summed E-state index contributed by atoms with van der Waals surface area (Å²) in [6, 6.07) is 8.43. The molecule has 0 saturated carbocycles. The van der Waals surface area contributed by atoms with Gasteiger partial charge in [-0.3, -0.25) is 4.79 Å². The molecule has 0 aliphatic heterocycles. The number of furan rings is 1. The molecule has 0 unspecified atom stereocenters. The minimum Gasteiger partial charge on any atom is -0.494 e. The quantitative estimate of drug-likeness (QED) is 0.830. The molecule has 1 N–H and O–H groups in total. The van der Waals surface area contributed by atoms with Crippen LogP contribution >= 0.6 is 0 Å². The van der Waals surface area contributed by atoms with Crippen molar-refractivity contribution < 1.29 is 23.5 Å². The Labute approximate surface area is 128 Å². The van der Waals surface area contributed by atoms with E-state index in [0.29, 0.717) is 23.6 Å². The molecule has 0 spiro atoms. The van der Waals surface area contributed by atoms with Crippen LogP contribution in [-0.4, -0.2) is 25.1 Å². The molecular formula is C16H17NO5. The lowest BCUT2D eigenvalue weighted by Crippen LogP contribution is -2.21. The van der Waals surface area contributed by atoms with Gasteiger partial charge in [-0.1, -0.05) is 0 Å². The number of ether oxygens (including phenoxy) is 2. The van der Waals surface area contributed by atoms with Gasteiger partial charge in [-0.25, -0.2) is 4.79 Å². The van der Waals surface area contributed by atoms with E-state index in [4.69, 9.17) is 13.9 Å². The van der Waals surface area contributed by atoms with E-state index in [9.17, 15) is 9.59 Å². The molecule has 1 amide bonds. The second kappa shape index (κ2) is 7.31. The van der Waals surface area contributed by atoms with Crippen molar-refractivity contribution in [2.24, 2.45) is 0 Å². The molecule has 1 aromatic carbocycles. The standard InChI is InChI=1S/C16H17NO5/c1-3-20-13-6-4-12(5-7-13)17-15(18)10-22-16(19)14-8-9-21-11(14)2/h4-9H,3,10H2,1-2H3,(H,17,18). The summed E-state index contributed by atoms with van der Waals surface area (Å²) in [6.45, 7) is 3.76. The summed E-state index contributed by atoms with van der Waals surface area (Å²) in [5.41, 5.74) is 0.915. The largest absolute Gasteiger partial charge is 0.494 e. The molecule has 0 radical (unpaired) electrons. The summed E-state index contributed by atoms with van der Waals surface area (Å²) in [6.07, 6.45) is 1.39. The minimum atomic E-state index is -0.590. The summed E-state index contributed by atoms with van der Waals surface area (Å²) in [4.78, 5) is 23.5. The summed E-state index contributed by atoms with van der Waals surface area (Å²) in [5.74, 6) is 0.172. The van der Waals surface area contributed by atoms with E-state index in [2.05, 4.69) is 5.32 Å². The zero-order valence-corrected chi connectivity index (χ0v) is 12.4. The van der Waals surface area contributed by atoms with Crippen LogP contribution in [0.15, 0.2) is 41.0 Å². The smallest absolute Gasteiger partial charge is 0.342 e. The first-order valence-electron chi connectivity index (χ1n) is 6.84. The van der Waals surface area contributed by atoms with Crippen molar-refractivity contribution >= 4 is 17.6 Å². The topological polar surface area (TPSA) is 77.8 Å². The predicted octanol–water partition coefficient (Wildman–Crippen LogP) is 2.78. The van der Waals surface area contributed by atoms with Crippen LogP contribution in [0.3, 0.4) is 0 Å². The first-order valence-corrected chi connectivity index (χ1v) is 6.84. The first kappa shape index (κ1) is 15.6. The summed E-state index contributed by atoms with van der Waals surface area (Å²) in [5, 5.41) is 2.63. The third-order valence-electron chi connectivity index (χ3n) is 2.86. The molecule has 6 nitrogen and oxygen atoms in total. The summed E-state index contributed by atoms with van der Waals surface area (Å²) >= 11 is 0. The maximum Gasteiger partial charge on any atom is 0.342 e. The lowest BCUT2D eigenvalue weighted by Gasteiger charge is -2.07. The highest BCUT2D eigenvalue weighted by molar-refractivity contribution is 5.95. The Kier molecular flexibility index (Phi) is 5.19. The monoisotopic (exact) mass is 303 g/mol. The van der Waals surface area contributed by atoms with Crippen molar-refractivity contribution in [2.45, 2.75) is 13.8 Å². The molecule has 0 atom stereocenters. The fraction of sp³-hybridized carbons (Fsp3) is 0.250. The molecule has 0 bridgehead atoms. The van der Waals surface area contributed by atoms with E-state index >= 15 is 0 Å². The van der Waals surface area contributed by atoms with Crippen LogP contribution < -0.4 is 10.1 Å². The van der Waals surface area contributed by atoms with E-state index in [1.165, 1.54) is 12.3 Å². The first-order chi connectivity index (χ1) is 10.6. The SMILES string of the molecule is CCOc1ccc(NC(=O)COC(=O)c2ccoc2C)cc1. The molecule has 1 aromatic heterocycles. The molecule has 2 aromatic rings. The van der Waals surface area contributed by atoms with E-state index in [-0.39, 0.29) is 6.61 Å². The van der Waals surface area contributed by atoms with Gasteiger partial charge in [-0.2, -0.15) is 0 Å². The number of carbonyl (C=O) groups is 2.